The molecule has 32 heteroatoms. The predicted molar refractivity (Wildman–Crippen MR) is 412 cm³/mol. The Hall–Kier alpha value is -7.13. The van der Waals surface area contributed by atoms with Crippen LogP contribution < -0.4 is 5.32 Å². The minimum Gasteiger partial charge on any atom is -0.463 e. The van der Waals surface area contributed by atoms with Crippen molar-refractivity contribution < 1.29 is 148 Å². The third kappa shape index (κ3) is 42.2. The van der Waals surface area contributed by atoms with Crippen LogP contribution in [0.5, 0.6) is 0 Å². The Kier molecular flexibility index (Phi) is 50.7. The molecule has 0 unspecified atom stereocenters. The maximum Gasteiger partial charge on any atom is 0.303 e. The molecule has 0 spiro atoms. The lowest BCUT2D eigenvalue weighted by Crippen LogP contribution is -2.69. The van der Waals surface area contributed by atoms with Crippen LogP contribution in [-0.2, 0) is 148 Å². The molecule has 3 rings (SSSR count). The van der Waals surface area contributed by atoms with Gasteiger partial charge in [0.05, 0.1) is 18.8 Å². The van der Waals surface area contributed by atoms with Crippen LogP contribution in [0.15, 0.2) is 0 Å². The largest absolute Gasteiger partial charge is 0.463 e. The highest BCUT2D eigenvalue weighted by molar-refractivity contribution is 5.83. The zero-order valence-corrected chi connectivity index (χ0v) is 71.2. The summed E-state index contributed by atoms with van der Waals surface area (Å²) in [6, 6.07) is -1.63. The maximum atomic E-state index is 15.1. The highest BCUT2D eigenvalue weighted by Crippen LogP contribution is 2.39. The number of ether oxygens (including phenoxy) is 18. The lowest BCUT2D eigenvalue weighted by atomic mass is 9.95. The number of esters is 12. The van der Waals surface area contributed by atoms with Gasteiger partial charge in [-0.1, -0.05) is 194 Å². The summed E-state index contributed by atoms with van der Waals surface area (Å²) in [7, 11) is 0. The van der Waals surface area contributed by atoms with Crippen molar-refractivity contribution in [3.8, 4) is 0 Å². The van der Waals surface area contributed by atoms with E-state index >= 15 is 4.79 Å². The van der Waals surface area contributed by atoms with Crippen LogP contribution in [0.1, 0.15) is 310 Å². The van der Waals surface area contributed by atoms with Crippen LogP contribution in [0.2, 0.25) is 0 Å². The van der Waals surface area contributed by atoms with Crippen LogP contribution in [0, 0.1) is 5.92 Å². The average molecular weight is 1640 g/mol. The third-order valence-corrected chi connectivity index (χ3v) is 19.6. The van der Waals surface area contributed by atoms with Crippen molar-refractivity contribution in [2.75, 3.05) is 19.8 Å². The molecule has 660 valence electrons. The fourth-order valence-electron chi connectivity index (χ4n) is 14.5. The van der Waals surface area contributed by atoms with E-state index in [4.69, 9.17) is 85.3 Å². The van der Waals surface area contributed by atoms with Gasteiger partial charge in [-0.25, -0.2) is 0 Å². The molecule has 0 saturated carbocycles. The van der Waals surface area contributed by atoms with Crippen molar-refractivity contribution in [2.45, 2.75) is 426 Å². The molecule has 115 heavy (non-hydrogen) atoms. The minimum atomic E-state index is -2.14. The molecule has 1 N–H and O–H groups in total. The van der Waals surface area contributed by atoms with Gasteiger partial charge < -0.3 is 90.6 Å². The Morgan fingerprint density at radius 2 is 0.652 bits per heavy atom. The van der Waals surface area contributed by atoms with E-state index in [2.05, 4.69) is 26.1 Å². The van der Waals surface area contributed by atoms with Gasteiger partial charge in [-0.05, 0) is 38.5 Å². The van der Waals surface area contributed by atoms with E-state index in [1.165, 1.54) is 90.4 Å². The number of carbonyl (C=O) groups is 13. The molecule has 3 saturated heterocycles. The second-order valence-electron chi connectivity index (χ2n) is 30.7. The summed E-state index contributed by atoms with van der Waals surface area (Å²) in [5, 5.41) is 2.86. The van der Waals surface area contributed by atoms with E-state index in [0.29, 0.717) is 31.6 Å². The van der Waals surface area contributed by atoms with Gasteiger partial charge in [-0.3, -0.25) is 62.3 Å². The summed E-state index contributed by atoms with van der Waals surface area (Å²) in [5.41, 5.74) is 0. The van der Waals surface area contributed by atoms with Gasteiger partial charge in [-0.15, -0.1) is 0 Å². The summed E-state index contributed by atoms with van der Waals surface area (Å²) in [6.45, 7) is 17.9. The molecule has 0 aromatic rings. The number of hydrogen-bond acceptors (Lipinski definition) is 31. The number of amides is 1. The first kappa shape index (κ1) is 102. The van der Waals surface area contributed by atoms with Gasteiger partial charge in [0.25, 0.3) is 5.91 Å². The third-order valence-electron chi connectivity index (χ3n) is 19.6. The van der Waals surface area contributed by atoms with Gasteiger partial charge in [0.2, 0.25) is 0 Å². The molecule has 0 aliphatic carbocycles. The lowest BCUT2D eigenvalue weighted by Gasteiger charge is -2.50. The maximum absolute atomic E-state index is 15.1. The molecule has 3 aliphatic rings. The van der Waals surface area contributed by atoms with E-state index < -0.39 is 214 Å². The van der Waals surface area contributed by atoms with Crippen LogP contribution in [0.3, 0.4) is 0 Å². The Morgan fingerprint density at radius 1 is 0.322 bits per heavy atom. The highest BCUT2D eigenvalue weighted by atomic mass is 16.8. The Morgan fingerprint density at radius 3 is 1.05 bits per heavy atom. The number of unbranched alkanes of at least 4 members (excludes halogenated alkanes) is 26. The SMILES string of the molecule is CCCCCCCCCCCCCCCCCCCCC[C@@H](OC(C)=O)C(=O)N[C@@H](CO[C@@H]1O[C@H](COC(C)=O)[C@@H](O[C@@H]2O[C@H](COC(C)=O)[C@H](OC(C)=O)[C@H](OC(C)=O)[C@H]2OC(C)=O)[C@H](O[C@@H]2O[C@@H](C)[C@@H](OC(C)=O)[C@@H](OC(C)=O)[C@@H]2OC(C)=O)[C@H]1OC(C)=O)[C@H](OC(C)=O)[C@@H](CCCCCCCCCCCC(C)C)OC(C)=O. The molecule has 19 atom stereocenters. The Bertz CT molecular complexity index is 2950. The average Bonchev–Trinajstić information content (AvgIpc) is 0.758. The molecule has 0 radical (unpaired) electrons. The van der Waals surface area contributed by atoms with Crippen molar-refractivity contribution in [3.05, 3.63) is 0 Å². The van der Waals surface area contributed by atoms with Gasteiger partial charge in [0.15, 0.2) is 73.8 Å². The number of nitrogens with one attached hydrogen (secondary N) is 1. The van der Waals surface area contributed by atoms with E-state index in [9.17, 15) is 57.5 Å². The topological polar surface area (TPSA) is 400 Å². The predicted octanol–water partition coefficient (Wildman–Crippen LogP) is 11.7. The van der Waals surface area contributed by atoms with E-state index in [1.807, 2.05) is 0 Å². The molecule has 32 nitrogen and oxygen atoms in total. The second-order valence-corrected chi connectivity index (χ2v) is 30.7. The normalized spacial score (nSPS) is 24.3. The molecular weight excluding hydrogens is 1510 g/mol. The summed E-state index contributed by atoms with van der Waals surface area (Å²) >= 11 is 0. The van der Waals surface area contributed by atoms with E-state index in [0.717, 1.165) is 160 Å². The van der Waals surface area contributed by atoms with Crippen LogP contribution in [-0.4, -0.2) is 214 Å². The summed E-state index contributed by atoms with van der Waals surface area (Å²) < 4.78 is 109. The van der Waals surface area contributed by atoms with Crippen molar-refractivity contribution in [1.82, 2.24) is 5.32 Å². The van der Waals surface area contributed by atoms with Crippen LogP contribution in [0.4, 0.5) is 0 Å². The van der Waals surface area contributed by atoms with Crippen LogP contribution >= 0.6 is 0 Å². The quantitative estimate of drug-likeness (QED) is 0.0336. The first-order valence-corrected chi connectivity index (χ1v) is 41.8. The fraction of sp³-hybridized carbons (Fsp3) is 0.843. The van der Waals surface area contributed by atoms with E-state index in [-0.39, 0.29) is 12.8 Å². The molecular formula is C83H137NO31. The number of carbonyl (C=O) groups excluding carboxylic acids is 13. The number of rotatable bonds is 57. The van der Waals surface area contributed by atoms with Crippen molar-refractivity contribution in [1.29, 1.82) is 0 Å². The van der Waals surface area contributed by atoms with Gasteiger partial charge >= 0.3 is 71.6 Å². The monoisotopic (exact) mass is 1640 g/mol. The second kappa shape index (κ2) is 57.1. The van der Waals surface area contributed by atoms with Crippen molar-refractivity contribution in [2.24, 2.45) is 5.92 Å². The summed E-state index contributed by atoms with van der Waals surface area (Å²) in [6.07, 6.45) is -1.54. The molecule has 1 amide bonds. The first-order chi connectivity index (χ1) is 54.6. The molecule has 0 bridgehead atoms. The highest BCUT2D eigenvalue weighted by Gasteiger charge is 2.60. The van der Waals surface area contributed by atoms with Gasteiger partial charge in [0, 0.05) is 83.1 Å². The molecule has 0 aromatic carbocycles. The zero-order chi connectivity index (χ0) is 85.5. The Labute approximate surface area is 679 Å². The smallest absolute Gasteiger partial charge is 0.303 e. The lowest BCUT2D eigenvalue weighted by molar-refractivity contribution is -0.386. The van der Waals surface area contributed by atoms with Crippen molar-refractivity contribution in [3.63, 3.8) is 0 Å². The Balaban J connectivity index is 2.32. The first-order valence-electron chi connectivity index (χ1n) is 41.8. The standard InChI is InChI=1S/C83H137NO31/c1-17-18-19-20-21-22-23-24-25-26-27-28-29-30-31-34-38-41-44-47-67(103-56(8)88)80(97)84-65(71(105-58(10)90)66(102-55(7)87)46-43-40-37-35-32-33-36-39-42-45-51(2)3)48-100-81-77(109-62(14)94)76(115-82-78(110-63(15)95)74(107-60(12)92)70(52(4)101-82)104-57(9)89)73(69(112-81)50-99-54(6)86)114-83-79(111-64(16)96)75(108-61(13)93)72(106-59(11)91)68(113-83)49-98-53(5)85/h51-52,65-79,81-83H,17-50H2,1-16H3,(H,84,97)/t52-,65-,66+,67+,68+,69+,70+,71-,72-,73+,74+,75-,76-,77+,78-,79+,81+,82-,83-/m0/s1. The van der Waals surface area contributed by atoms with Gasteiger partial charge in [0.1, 0.15) is 43.7 Å². The summed E-state index contributed by atoms with van der Waals surface area (Å²) in [5.74, 6) is -11.7. The van der Waals surface area contributed by atoms with Crippen LogP contribution in [0.25, 0.3) is 0 Å². The fourth-order valence-corrected chi connectivity index (χ4v) is 14.5. The molecule has 3 aliphatic heterocycles. The molecule has 0 aromatic heterocycles. The van der Waals surface area contributed by atoms with E-state index in [1.54, 1.807) is 0 Å². The van der Waals surface area contributed by atoms with Gasteiger partial charge in [-0.2, -0.15) is 0 Å². The molecule has 3 fully saturated rings. The minimum absolute atomic E-state index is 0.0373. The zero-order valence-electron chi connectivity index (χ0n) is 71.2. The summed E-state index contributed by atoms with van der Waals surface area (Å²) in [4.78, 5) is 173. The number of hydrogen-bond donors (Lipinski definition) is 1. The van der Waals surface area contributed by atoms with Crippen molar-refractivity contribution >= 4 is 77.5 Å². The molecule has 3 heterocycles.